The Morgan fingerprint density at radius 1 is 0.909 bits per heavy atom. The van der Waals surface area contributed by atoms with Crippen LogP contribution in [0.15, 0.2) is 73.2 Å². The quantitative estimate of drug-likeness (QED) is 0.407. The molecule has 0 bridgehead atoms. The van der Waals surface area contributed by atoms with E-state index in [1.807, 2.05) is 60.7 Å². The third kappa shape index (κ3) is 7.49. The highest BCUT2D eigenvalue weighted by Crippen LogP contribution is 2.07. The van der Waals surface area contributed by atoms with E-state index in [0.29, 0.717) is 5.69 Å². The lowest BCUT2D eigenvalue weighted by Crippen LogP contribution is -2.53. The first-order valence-electron chi connectivity index (χ1n) is 10.4. The molecule has 0 spiro atoms. The number of aromatic amines is 1. The van der Waals surface area contributed by atoms with Crippen LogP contribution in [0.2, 0.25) is 0 Å². The van der Waals surface area contributed by atoms with Gasteiger partial charge in [-0.25, -0.2) is 14.6 Å². The maximum Gasteiger partial charge on any atom is 0.408 e. The molecule has 2 aromatic carbocycles. The smallest absolute Gasteiger partial charge is 0.408 e. The number of imidazole rings is 1. The lowest BCUT2D eigenvalue weighted by molar-refractivity contribution is -0.145. The minimum absolute atomic E-state index is 0.0594. The number of rotatable bonds is 10. The number of amides is 2. The van der Waals surface area contributed by atoms with Crippen molar-refractivity contribution < 1.29 is 23.9 Å². The summed E-state index contributed by atoms with van der Waals surface area (Å²) >= 11 is 0. The SMILES string of the molecule is COC(=O)[C@@H](Cc1ccccc1)NC(=O)[C@H](Cc1cnc[nH]1)NC(=O)OCc1ccccc1. The molecule has 1 heterocycles. The van der Waals surface area contributed by atoms with E-state index in [-0.39, 0.29) is 19.4 Å². The molecule has 9 heteroatoms. The van der Waals surface area contributed by atoms with Crippen LogP contribution in [-0.4, -0.2) is 47.1 Å². The zero-order valence-electron chi connectivity index (χ0n) is 18.2. The Balaban J connectivity index is 1.67. The van der Waals surface area contributed by atoms with Crippen molar-refractivity contribution in [2.45, 2.75) is 31.5 Å². The molecule has 3 rings (SSSR count). The molecule has 2 atom stereocenters. The normalized spacial score (nSPS) is 12.3. The zero-order valence-corrected chi connectivity index (χ0v) is 18.2. The summed E-state index contributed by atoms with van der Waals surface area (Å²) in [6.45, 7) is 0.0594. The number of aromatic nitrogens is 2. The van der Waals surface area contributed by atoms with Crippen LogP contribution in [-0.2, 0) is 38.5 Å². The van der Waals surface area contributed by atoms with Gasteiger partial charge in [-0.15, -0.1) is 0 Å². The number of alkyl carbamates (subject to hydrolysis) is 1. The molecule has 172 valence electrons. The highest BCUT2D eigenvalue weighted by atomic mass is 16.5. The maximum absolute atomic E-state index is 13.1. The van der Waals surface area contributed by atoms with Gasteiger partial charge in [0.1, 0.15) is 18.7 Å². The molecule has 33 heavy (non-hydrogen) atoms. The van der Waals surface area contributed by atoms with Crippen molar-refractivity contribution in [2.75, 3.05) is 7.11 Å². The van der Waals surface area contributed by atoms with E-state index in [4.69, 9.17) is 9.47 Å². The molecule has 0 aliphatic heterocycles. The second-order valence-electron chi connectivity index (χ2n) is 7.31. The molecule has 0 radical (unpaired) electrons. The van der Waals surface area contributed by atoms with E-state index < -0.39 is 30.1 Å². The summed E-state index contributed by atoms with van der Waals surface area (Å²) in [7, 11) is 1.26. The predicted molar refractivity (Wildman–Crippen MR) is 120 cm³/mol. The third-order valence-electron chi connectivity index (χ3n) is 4.89. The number of nitrogens with one attached hydrogen (secondary N) is 3. The van der Waals surface area contributed by atoms with Crippen LogP contribution in [0.5, 0.6) is 0 Å². The van der Waals surface area contributed by atoms with Gasteiger partial charge in [0.25, 0.3) is 0 Å². The Morgan fingerprint density at radius 3 is 2.18 bits per heavy atom. The molecule has 9 nitrogen and oxygen atoms in total. The summed E-state index contributed by atoms with van der Waals surface area (Å²) in [6.07, 6.45) is 2.65. The summed E-state index contributed by atoms with van der Waals surface area (Å²) in [5.74, 6) is -1.13. The van der Waals surface area contributed by atoms with Gasteiger partial charge >= 0.3 is 12.1 Å². The zero-order chi connectivity index (χ0) is 23.5. The fraction of sp³-hybridized carbons (Fsp3) is 0.250. The monoisotopic (exact) mass is 450 g/mol. The van der Waals surface area contributed by atoms with Crippen LogP contribution >= 0.6 is 0 Å². The molecular formula is C24H26N4O5. The van der Waals surface area contributed by atoms with E-state index in [0.717, 1.165) is 11.1 Å². The summed E-state index contributed by atoms with van der Waals surface area (Å²) in [5, 5.41) is 5.27. The number of H-pyrrole nitrogens is 1. The van der Waals surface area contributed by atoms with Gasteiger partial charge in [0.05, 0.1) is 13.4 Å². The van der Waals surface area contributed by atoms with Crippen LogP contribution in [0.25, 0.3) is 0 Å². The van der Waals surface area contributed by atoms with Crippen molar-refractivity contribution in [1.29, 1.82) is 0 Å². The Kier molecular flexibility index (Phi) is 8.58. The summed E-state index contributed by atoms with van der Waals surface area (Å²) in [6, 6.07) is 16.5. The Morgan fingerprint density at radius 2 is 1.58 bits per heavy atom. The Bertz CT molecular complexity index is 1030. The molecular weight excluding hydrogens is 424 g/mol. The third-order valence-corrected chi connectivity index (χ3v) is 4.89. The largest absolute Gasteiger partial charge is 0.467 e. The number of carbonyl (C=O) groups excluding carboxylic acids is 3. The van der Waals surface area contributed by atoms with Crippen LogP contribution in [0, 0.1) is 0 Å². The number of nitrogens with zero attached hydrogens (tertiary/aromatic N) is 1. The van der Waals surface area contributed by atoms with Crippen LogP contribution in [0.3, 0.4) is 0 Å². The van der Waals surface area contributed by atoms with E-state index in [2.05, 4.69) is 20.6 Å². The fourth-order valence-electron chi connectivity index (χ4n) is 3.19. The lowest BCUT2D eigenvalue weighted by Gasteiger charge is -2.22. The Hall–Kier alpha value is -4.14. The standard InChI is InChI=1S/C24H26N4O5/c1-32-23(30)21(12-17-8-4-2-5-9-17)27-22(29)20(13-19-14-25-16-26-19)28-24(31)33-15-18-10-6-3-7-11-18/h2-11,14,16,20-21H,12-13,15H2,1H3,(H,25,26)(H,27,29)(H,28,31)/t20-,21+/m0/s1. The Labute approximate surface area is 191 Å². The van der Waals surface area contributed by atoms with E-state index in [1.165, 1.54) is 13.4 Å². The first-order chi connectivity index (χ1) is 16.0. The molecule has 1 aromatic heterocycles. The summed E-state index contributed by atoms with van der Waals surface area (Å²) in [4.78, 5) is 44.6. The molecule has 0 saturated heterocycles. The van der Waals surface area contributed by atoms with Crippen molar-refractivity contribution in [1.82, 2.24) is 20.6 Å². The highest BCUT2D eigenvalue weighted by molar-refractivity contribution is 5.90. The van der Waals surface area contributed by atoms with Gasteiger partial charge in [-0.3, -0.25) is 4.79 Å². The maximum atomic E-state index is 13.1. The lowest BCUT2D eigenvalue weighted by atomic mass is 10.0. The van der Waals surface area contributed by atoms with Crippen LogP contribution in [0.1, 0.15) is 16.8 Å². The fourth-order valence-corrected chi connectivity index (χ4v) is 3.19. The molecule has 3 aromatic rings. The number of carbonyl (C=O) groups is 3. The number of ether oxygens (including phenoxy) is 2. The second kappa shape index (κ2) is 12.0. The van der Waals surface area contributed by atoms with Gasteiger partial charge in [0.2, 0.25) is 5.91 Å². The van der Waals surface area contributed by atoms with Crippen molar-refractivity contribution >= 4 is 18.0 Å². The minimum atomic E-state index is -1.00. The predicted octanol–water partition coefficient (Wildman–Crippen LogP) is 2.15. The highest BCUT2D eigenvalue weighted by Gasteiger charge is 2.28. The van der Waals surface area contributed by atoms with Crippen molar-refractivity contribution in [2.24, 2.45) is 0 Å². The number of hydrogen-bond acceptors (Lipinski definition) is 6. The van der Waals surface area contributed by atoms with Gasteiger partial charge < -0.3 is 25.1 Å². The van der Waals surface area contributed by atoms with Crippen molar-refractivity contribution in [3.8, 4) is 0 Å². The number of methoxy groups -OCH3 is 1. The molecule has 0 aliphatic carbocycles. The van der Waals surface area contributed by atoms with Crippen LogP contribution in [0.4, 0.5) is 4.79 Å². The molecule has 0 unspecified atom stereocenters. The van der Waals surface area contributed by atoms with Crippen molar-refractivity contribution in [3.05, 3.63) is 90.0 Å². The second-order valence-corrected chi connectivity index (χ2v) is 7.31. The van der Waals surface area contributed by atoms with E-state index >= 15 is 0 Å². The number of esters is 1. The number of hydrogen-bond donors (Lipinski definition) is 3. The molecule has 0 saturated carbocycles. The first-order valence-corrected chi connectivity index (χ1v) is 10.4. The van der Waals surface area contributed by atoms with E-state index in [9.17, 15) is 14.4 Å². The van der Waals surface area contributed by atoms with Gasteiger partial charge in [-0.05, 0) is 11.1 Å². The van der Waals surface area contributed by atoms with Gasteiger partial charge in [-0.1, -0.05) is 60.7 Å². The topological polar surface area (TPSA) is 122 Å². The molecule has 0 aliphatic rings. The van der Waals surface area contributed by atoms with Gasteiger partial charge in [0.15, 0.2) is 0 Å². The van der Waals surface area contributed by atoms with Gasteiger partial charge in [-0.2, -0.15) is 0 Å². The average Bonchev–Trinajstić information content (AvgIpc) is 3.36. The minimum Gasteiger partial charge on any atom is -0.467 e. The summed E-state index contributed by atoms with van der Waals surface area (Å²) < 4.78 is 10.1. The molecule has 3 N–H and O–H groups in total. The first kappa shape index (κ1) is 23.5. The molecule has 0 fully saturated rings. The van der Waals surface area contributed by atoms with Crippen LogP contribution < -0.4 is 10.6 Å². The van der Waals surface area contributed by atoms with E-state index in [1.54, 1.807) is 6.20 Å². The van der Waals surface area contributed by atoms with Gasteiger partial charge in [0, 0.05) is 24.7 Å². The van der Waals surface area contributed by atoms with Crippen molar-refractivity contribution in [3.63, 3.8) is 0 Å². The number of benzene rings is 2. The average molecular weight is 450 g/mol. The summed E-state index contributed by atoms with van der Waals surface area (Å²) in [5.41, 5.74) is 2.31. The molecule has 2 amide bonds.